The van der Waals surface area contributed by atoms with Crippen molar-refractivity contribution in [3.63, 3.8) is 0 Å². The van der Waals surface area contributed by atoms with E-state index in [1.54, 1.807) is 37.4 Å². The molecule has 31 heavy (non-hydrogen) atoms. The topological polar surface area (TPSA) is 89.5 Å². The Bertz CT molecular complexity index is 967. The second kappa shape index (κ2) is 10.1. The molecule has 2 aromatic rings. The van der Waals surface area contributed by atoms with Gasteiger partial charge in [-0.3, -0.25) is 9.78 Å². The number of carbonyl (C=O) groups excluding carboxylic acids is 2. The van der Waals surface area contributed by atoms with Gasteiger partial charge in [0.05, 0.1) is 18.2 Å². The Morgan fingerprint density at radius 1 is 1.39 bits per heavy atom. The van der Waals surface area contributed by atoms with E-state index in [2.05, 4.69) is 22.2 Å². The van der Waals surface area contributed by atoms with E-state index in [-0.39, 0.29) is 18.6 Å². The smallest absolute Gasteiger partial charge is 0.332 e. The van der Waals surface area contributed by atoms with Crippen LogP contribution in [-0.2, 0) is 14.3 Å². The molecule has 0 aliphatic carbocycles. The van der Waals surface area contributed by atoms with Crippen LogP contribution in [0.5, 0.6) is 5.75 Å². The number of amides is 1. The van der Waals surface area contributed by atoms with E-state index in [1.165, 1.54) is 0 Å². The number of fused-ring (bicyclic) bond motifs is 1. The van der Waals surface area contributed by atoms with Crippen LogP contribution in [0, 0.1) is 0 Å². The Morgan fingerprint density at radius 2 is 2.19 bits per heavy atom. The lowest BCUT2D eigenvalue weighted by molar-refractivity contribution is -0.153. The summed E-state index contributed by atoms with van der Waals surface area (Å²) < 4.78 is 11.4. The van der Waals surface area contributed by atoms with Gasteiger partial charge in [0.2, 0.25) is 5.91 Å². The zero-order chi connectivity index (χ0) is 22.4. The molecule has 3 atom stereocenters. The second-order valence-corrected chi connectivity index (χ2v) is 7.98. The van der Waals surface area contributed by atoms with Gasteiger partial charge in [-0.2, -0.15) is 0 Å². The number of aromatic nitrogens is 1. The molecule has 1 aromatic heterocycles. The van der Waals surface area contributed by atoms with Crippen LogP contribution in [0.2, 0.25) is 5.02 Å². The average Bonchev–Trinajstić information content (AvgIpc) is 3.22. The van der Waals surface area contributed by atoms with Crippen LogP contribution in [-0.4, -0.2) is 47.7 Å². The fraction of sp³-hybridized carbons (Fsp3) is 0.435. The molecule has 8 heteroatoms. The number of ether oxygens (including phenoxy) is 2. The first kappa shape index (κ1) is 23.0. The van der Waals surface area contributed by atoms with Gasteiger partial charge in [0.25, 0.3) is 0 Å². The molecule has 0 saturated carbocycles. The first-order chi connectivity index (χ1) is 14.9. The number of esters is 1. The van der Waals surface area contributed by atoms with Gasteiger partial charge in [-0.25, -0.2) is 4.79 Å². The predicted octanol–water partition coefficient (Wildman–Crippen LogP) is 3.40. The van der Waals surface area contributed by atoms with Crippen LogP contribution in [0.1, 0.15) is 33.1 Å². The van der Waals surface area contributed by atoms with Crippen LogP contribution in [0.3, 0.4) is 0 Å². The first-order valence-corrected chi connectivity index (χ1v) is 10.8. The van der Waals surface area contributed by atoms with E-state index >= 15 is 0 Å². The highest BCUT2D eigenvalue weighted by Crippen LogP contribution is 2.28. The number of hydrogen-bond acceptors (Lipinski definition) is 6. The van der Waals surface area contributed by atoms with Gasteiger partial charge in [-0.15, -0.1) is 6.58 Å². The quantitative estimate of drug-likeness (QED) is 0.454. The van der Waals surface area contributed by atoms with Crippen LogP contribution < -0.4 is 15.4 Å². The Labute approximate surface area is 187 Å². The normalized spacial score (nSPS) is 20.1. The standard InChI is InChI=1S/C23H28ClN3O4/c1-4-10-23(5-2,22(29)30-6-3)27-21(28)19-13-16(14-26-19)31-20-9-11-25-18-12-15(24)7-8-17(18)20/h4,7-9,11-12,16,19,26H,1,5-6,10,13-14H2,2-3H3,(H,27,28)/t16-,19+,23-/m1/s1. The summed E-state index contributed by atoms with van der Waals surface area (Å²) in [5.74, 6) is -0.0108. The van der Waals surface area contributed by atoms with Crippen molar-refractivity contribution < 1.29 is 19.1 Å². The minimum atomic E-state index is -1.12. The fourth-order valence-corrected chi connectivity index (χ4v) is 3.94. The van der Waals surface area contributed by atoms with Crippen molar-refractivity contribution >= 4 is 34.4 Å². The third-order valence-electron chi connectivity index (χ3n) is 5.49. The number of hydrogen-bond donors (Lipinski definition) is 2. The Morgan fingerprint density at radius 3 is 2.90 bits per heavy atom. The zero-order valence-corrected chi connectivity index (χ0v) is 18.6. The maximum atomic E-state index is 13.0. The zero-order valence-electron chi connectivity index (χ0n) is 17.8. The van der Waals surface area contributed by atoms with Crippen LogP contribution in [0.4, 0.5) is 0 Å². The third-order valence-corrected chi connectivity index (χ3v) is 5.73. The number of carbonyl (C=O) groups is 2. The Hall–Kier alpha value is -2.64. The van der Waals surface area contributed by atoms with Crippen molar-refractivity contribution in [3.05, 3.63) is 48.1 Å². The number of nitrogens with one attached hydrogen (secondary N) is 2. The lowest BCUT2D eigenvalue weighted by Gasteiger charge is -2.31. The van der Waals surface area contributed by atoms with E-state index in [4.69, 9.17) is 21.1 Å². The number of benzene rings is 1. The van der Waals surface area contributed by atoms with E-state index in [0.29, 0.717) is 36.6 Å². The van der Waals surface area contributed by atoms with E-state index in [1.807, 2.05) is 13.0 Å². The van der Waals surface area contributed by atoms with Crippen molar-refractivity contribution in [2.24, 2.45) is 0 Å². The molecule has 0 unspecified atom stereocenters. The summed E-state index contributed by atoms with van der Waals surface area (Å²) in [6.45, 7) is 8.06. The highest BCUT2D eigenvalue weighted by Gasteiger charge is 2.41. The van der Waals surface area contributed by atoms with Crippen molar-refractivity contribution in [2.75, 3.05) is 13.2 Å². The van der Waals surface area contributed by atoms with E-state index < -0.39 is 17.6 Å². The van der Waals surface area contributed by atoms with E-state index in [9.17, 15) is 9.59 Å². The molecule has 3 rings (SSSR count). The lowest BCUT2D eigenvalue weighted by Crippen LogP contribution is -2.58. The molecule has 0 spiro atoms. The molecule has 1 saturated heterocycles. The number of nitrogens with zero attached hydrogens (tertiary/aromatic N) is 1. The number of pyridine rings is 1. The summed E-state index contributed by atoms with van der Waals surface area (Å²) in [5.41, 5.74) is -0.368. The van der Waals surface area contributed by atoms with Crippen molar-refractivity contribution in [3.8, 4) is 5.75 Å². The maximum absolute atomic E-state index is 13.0. The molecule has 1 aromatic carbocycles. The fourth-order valence-electron chi connectivity index (χ4n) is 3.77. The van der Waals surface area contributed by atoms with Crippen molar-refractivity contribution in [1.29, 1.82) is 0 Å². The Kier molecular flexibility index (Phi) is 7.51. The van der Waals surface area contributed by atoms with Crippen LogP contribution in [0.15, 0.2) is 43.1 Å². The van der Waals surface area contributed by atoms with Gasteiger partial charge in [-0.1, -0.05) is 24.6 Å². The minimum absolute atomic E-state index is 0.199. The molecule has 2 N–H and O–H groups in total. The molecular weight excluding hydrogens is 418 g/mol. The van der Waals surface area contributed by atoms with Gasteiger partial charge in [0.15, 0.2) is 0 Å². The lowest BCUT2D eigenvalue weighted by atomic mass is 9.91. The predicted molar refractivity (Wildman–Crippen MR) is 120 cm³/mol. The van der Waals surface area contributed by atoms with E-state index in [0.717, 1.165) is 10.9 Å². The molecule has 1 aliphatic heterocycles. The SMILES string of the molecule is C=CC[C@@](CC)(NC(=O)[C@@H]1C[C@@H](Oc2ccnc3cc(Cl)ccc23)CN1)C(=O)OCC. The van der Waals surface area contributed by atoms with Crippen molar-refractivity contribution in [2.45, 2.75) is 50.8 Å². The molecule has 7 nitrogen and oxygen atoms in total. The first-order valence-electron chi connectivity index (χ1n) is 10.5. The van der Waals surface area contributed by atoms with Gasteiger partial charge < -0.3 is 20.1 Å². The molecule has 1 aliphatic rings. The summed E-state index contributed by atoms with van der Waals surface area (Å²) in [6.07, 6.45) is 4.27. The molecule has 1 amide bonds. The summed E-state index contributed by atoms with van der Waals surface area (Å²) in [7, 11) is 0. The van der Waals surface area contributed by atoms with Gasteiger partial charge in [0.1, 0.15) is 17.4 Å². The van der Waals surface area contributed by atoms with Gasteiger partial charge in [-0.05, 0) is 44.0 Å². The molecule has 2 heterocycles. The van der Waals surface area contributed by atoms with Gasteiger partial charge >= 0.3 is 5.97 Å². The minimum Gasteiger partial charge on any atom is -0.488 e. The third kappa shape index (κ3) is 5.17. The number of halogens is 1. The maximum Gasteiger partial charge on any atom is 0.332 e. The molecule has 0 bridgehead atoms. The highest BCUT2D eigenvalue weighted by atomic mass is 35.5. The number of rotatable bonds is 9. The van der Waals surface area contributed by atoms with Crippen LogP contribution >= 0.6 is 11.6 Å². The molecule has 0 radical (unpaired) electrons. The van der Waals surface area contributed by atoms with Crippen LogP contribution in [0.25, 0.3) is 10.9 Å². The average molecular weight is 446 g/mol. The summed E-state index contributed by atoms with van der Waals surface area (Å²) in [6, 6.07) is 6.78. The molecular formula is C23H28ClN3O4. The second-order valence-electron chi connectivity index (χ2n) is 7.55. The monoisotopic (exact) mass is 445 g/mol. The molecule has 1 fully saturated rings. The summed E-state index contributed by atoms with van der Waals surface area (Å²) in [5, 5.41) is 7.56. The van der Waals surface area contributed by atoms with Crippen molar-refractivity contribution in [1.82, 2.24) is 15.6 Å². The Balaban J connectivity index is 1.68. The highest BCUT2D eigenvalue weighted by molar-refractivity contribution is 6.31. The summed E-state index contributed by atoms with van der Waals surface area (Å²) in [4.78, 5) is 29.8. The van der Waals surface area contributed by atoms with Gasteiger partial charge in [0, 0.05) is 29.6 Å². The molecule has 166 valence electrons. The largest absolute Gasteiger partial charge is 0.488 e. The summed E-state index contributed by atoms with van der Waals surface area (Å²) >= 11 is 6.05.